The molecule has 0 radical (unpaired) electrons. The number of carbonyl (C=O) groups excluding carboxylic acids is 1. The van der Waals surface area contributed by atoms with Gasteiger partial charge in [-0.1, -0.05) is 19.4 Å². The minimum atomic E-state index is 0.0472. The Morgan fingerprint density at radius 3 is 3.05 bits per heavy atom. The van der Waals surface area contributed by atoms with Crippen LogP contribution in [0.4, 0.5) is 0 Å². The molecule has 1 aromatic carbocycles. The minimum Gasteiger partial charge on any atom is -0.491 e. The first-order valence-corrected chi connectivity index (χ1v) is 7.80. The Balaban J connectivity index is 1.91. The Hall–Kier alpha value is -1.55. The lowest BCUT2D eigenvalue weighted by Crippen LogP contribution is -2.27. The Morgan fingerprint density at radius 1 is 1.48 bits per heavy atom. The van der Waals surface area contributed by atoms with Gasteiger partial charge in [0.25, 0.3) is 5.91 Å². The van der Waals surface area contributed by atoms with Gasteiger partial charge < -0.3 is 14.4 Å². The van der Waals surface area contributed by atoms with E-state index in [1.807, 2.05) is 31.3 Å². The molecule has 1 saturated heterocycles. The summed E-state index contributed by atoms with van der Waals surface area (Å²) in [7, 11) is 1.85. The third-order valence-corrected chi connectivity index (χ3v) is 3.73. The van der Waals surface area contributed by atoms with Crippen LogP contribution in [-0.2, 0) is 4.74 Å². The highest BCUT2D eigenvalue weighted by molar-refractivity contribution is 5.94. The van der Waals surface area contributed by atoms with Crippen molar-refractivity contribution in [1.82, 2.24) is 4.90 Å². The normalized spacial score (nSPS) is 17.7. The van der Waals surface area contributed by atoms with Crippen molar-refractivity contribution in [1.29, 1.82) is 0 Å². The molecule has 0 bridgehead atoms. The molecule has 1 aromatic rings. The Labute approximate surface area is 127 Å². The Bertz CT molecular complexity index is 455. The summed E-state index contributed by atoms with van der Waals surface area (Å²) in [6.07, 6.45) is 4.46. The molecule has 1 aliphatic heterocycles. The van der Waals surface area contributed by atoms with E-state index in [1.54, 1.807) is 4.90 Å². The summed E-state index contributed by atoms with van der Waals surface area (Å²) in [6.45, 7) is 4.30. The molecule has 2 rings (SSSR count). The fraction of sp³-hybridized carbons (Fsp3) is 0.588. The molecule has 1 heterocycles. The van der Waals surface area contributed by atoms with Crippen LogP contribution in [0.25, 0.3) is 0 Å². The predicted molar refractivity (Wildman–Crippen MR) is 82.8 cm³/mol. The van der Waals surface area contributed by atoms with Crippen LogP contribution in [0, 0.1) is 0 Å². The zero-order valence-corrected chi connectivity index (χ0v) is 13.0. The SMILES string of the molecule is CCCCN(C)C(=O)c1cccc(OCC2CCCO2)c1. The van der Waals surface area contributed by atoms with Gasteiger partial charge in [0.15, 0.2) is 0 Å². The molecule has 21 heavy (non-hydrogen) atoms. The van der Waals surface area contributed by atoms with Crippen molar-refractivity contribution in [3.8, 4) is 5.75 Å². The molecule has 0 aromatic heterocycles. The molecule has 116 valence electrons. The summed E-state index contributed by atoms with van der Waals surface area (Å²) in [5, 5.41) is 0. The minimum absolute atomic E-state index is 0.0472. The molecular formula is C17H25NO3. The van der Waals surface area contributed by atoms with Gasteiger partial charge in [-0.2, -0.15) is 0 Å². The van der Waals surface area contributed by atoms with Crippen molar-refractivity contribution in [2.75, 3.05) is 26.8 Å². The first-order chi connectivity index (χ1) is 10.2. The van der Waals surface area contributed by atoms with E-state index in [9.17, 15) is 4.79 Å². The summed E-state index contributed by atoms with van der Waals surface area (Å²) in [4.78, 5) is 14.1. The van der Waals surface area contributed by atoms with Crippen LogP contribution in [-0.4, -0.2) is 43.7 Å². The number of nitrogens with zero attached hydrogens (tertiary/aromatic N) is 1. The molecule has 1 aliphatic rings. The smallest absolute Gasteiger partial charge is 0.253 e. The van der Waals surface area contributed by atoms with Crippen LogP contribution in [0.15, 0.2) is 24.3 Å². The second kappa shape index (κ2) is 8.03. The van der Waals surface area contributed by atoms with Crippen LogP contribution in [0.3, 0.4) is 0 Å². The number of hydrogen-bond acceptors (Lipinski definition) is 3. The lowest BCUT2D eigenvalue weighted by atomic mass is 10.2. The van der Waals surface area contributed by atoms with Crippen LogP contribution in [0.5, 0.6) is 5.75 Å². The highest BCUT2D eigenvalue weighted by Gasteiger charge is 2.16. The maximum atomic E-state index is 12.3. The lowest BCUT2D eigenvalue weighted by Gasteiger charge is -2.17. The van der Waals surface area contributed by atoms with Gasteiger partial charge in [-0.15, -0.1) is 0 Å². The van der Waals surface area contributed by atoms with E-state index in [-0.39, 0.29) is 12.0 Å². The molecule has 0 saturated carbocycles. The van der Waals surface area contributed by atoms with Gasteiger partial charge in [-0.05, 0) is 37.5 Å². The Morgan fingerprint density at radius 2 is 2.33 bits per heavy atom. The molecule has 1 atom stereocenters. The maximum Gasteiger partial charge on any atom is 0.253 e. The van der Waals surface area contributed by atoms with Crippen molar-refractivity contribution in [2.45, 2.75) is 38.7 Å². The summed E-state index contributed by atoms with van der Waals surface area (Å²) < 4.78 is 11.3. The van der Waals surface area contributed by atoms with Crippen molar-refractivity contribution < 1.29 is 14.3 Å². The van der Waals surface area contributed by atoms with Crippen LogP contribution in [0.1, 0.15) is 43.0 Å². The molecule has 4 heteroatoms. The zero-order valence-electron chi connectivity index (χ0n) is 13.0. The molecule has 0 spiro atoms. The van der Waals surface area contributed by atoms with Gasteiger partial charge >= 0.3 is 0 Å². The van der Waals surface area contributed by atoms with Crippen LogP contribution < -0.4 is 4.74 Å². The third kappa shape index (κ3) is 4.74. The lowest BCUT2D eigenvalue weighted by molar-refractivity contribution is 0.0678. The summed E-state index contributed by atoms with van der Waals surface area (Å²) in [5.74, 6) is 0.784. The summed E-state index contributed by atoms with van der Waals surface area (Å²) >= 11 is 0. The number of benzene rings is 1. The van der Waals surface area contributed by atoms with E-state index >= 15 is 0 Å². The van der Waals surface area contributed by atoms with Gasteiger partial charge in [0.05, 0.1) is 6.10 Å². The topological polar surface area (TPSA) is 38.8 Å². The molecular weight excluding hydrogens is 266 g/mol. The summed E-state index contributed by atoms with van der Waals surface area (Å²) in [5.41, 5.74) is 0.679. The zero-order chi connectivity index (χ0) is 15.1. The first kappa shape index (κ1) is 15.8. The quantitative estimate of drug-likeness (QED) is 0.775. The van der Waals surface area contributed by atoms with Gasteiger partial charge in [0.2, 0.25) is 0 Å². The van der Waals surface area contributed by atoms with Gasteiger partial charge in [0, 0.05) is 25.8 Å². The van der Waals surface area contributed by atoms with E-state index in [0.29, 0.717) is 12.2 Å². The highest BCUT2D eigenvalue weighted by atomic mass is 16.5. The molecule has 0 N–H and O–H groups in total. The number of hydrogen-bond donors (Lipinski definition) is 0. The second-order valence-corrected chi connectivity index (χ2v) is 5.55. The van der Waals surface area contributed by atoms with Gasteiger partial charge in [-0.25, -0.2) is 0 Å². The van der Waals surface area contributed by atoms with Crippen LogP contribution in [0.2, 0.25) is 0 Å². The fourth-order valence-corrected chi connectivity index (χ4v) is 2.40. The fourth-order valence-electron chi connectivity index (χ4n) is 2.40. The van der Waals surface area contributed by atoms with E-state index < -0.39 is 0 Å². The predicted octanol–water partition coefficient (Wildman–Crippen LogP) is 3.12. The molecule has 4 nitrogen and oxygen atoms in total. The standard InChI is InChI=1S/C17H25NO3/c1-3-4-10-18(2)17(19)14-7-5-8-15(12-14)21-13-16-9-6-11-20-16/h5,7-8,12,16H,3-4,6,9-11,13H2,1-2H3. The average Bonchev–Trinajstić information content (AvgIpc) is 3.03. The Kier molecular flexibility index (Phi) is 6.05. The highest BCUT2D eigenvalue weighted by Crippen LogP contribution is 2.18. The van der Waals surface area contributed by atoms with Gasteiger partial charge in [0.1, 0.15) is 12.4 Å². The molecule has 1 unspecified atom stereocenters. The van der Waals surface area contributed by atoms with Crippen molar-refractivity contribution in [2.24, 2.45) is 0 Å². The number of ether oxygens (including phenoxy) is 2. The number of carbonyl (C=O) groups is 1. The molecule has 0 aliphatic carbocycles. The van der Waals surface area contributed by atoms with E-state index in [0.717, 1.165) is 44.6 Å². The third-order valence-electron chi connectivity index (χ3n) is 3.73. The average molecular weight is 291 g/mol. The number of unbranched alkanes of at least 4 members (excludes halogenated alkanes) is 1. The van der Waals surface area contributed by atoms with E-state index in [2.05, 4.69) is 6.92 Å². The van der Waals surface area contributed by atoms with Crippen molar-refractivity contribution in [3.05, 3.63) is 29.8 Å². The largest absolute Gasteiger partial charge is 0.491 e. The van der Waals surface area contributed by atoms with Crippen LogP contribution >= 0.6 is 0 Å². The monoisotopic (exact) mass is 291 g/mol. The van der Waals surface area contributed by atoms with Gasteiger partial charge in [-0.3, -0.25) is 4.79 Å². The summed E-state index contributed by atoms with van der Waals surface area (Å²) in [6, 6.07) is 7.41. The van der Waals surface area contributed by atoms with Crippen molar-refractivity contribution in [3.63, 3.8) is 0 Å². The molecule has 1 amide bonds. The van der Waals surface area contributed by atoms with Crippen molar-refractivity contribution >= 4 is 5.91 Å². The first-order valence-electron chi connectivity index (χ1n) is 7.80. The second-order valence-electron chi connectivity index (χ2n) is 5.55. The number of rotatable bonds is 7. The maximum absolute atomic E-state index is 12.3. The number of amides is 1. The van der Waals surface area contributed by atoms with E-state index in [1.165, 1.54) is 0 Å². The van der Waals surface area contributed by atoms with E-state index in [4.69, 9.17) is 9.47 Å². The molecule has 1 fully saturated rings.